The van der Waals surface area contributed by atoms with Crippen LogP contribution in [0.5, 0.6) is 11.5 Å². The number of rotatable bonds is 5. The first-order chi connectivity index (χ1) is 17.1. The number of nitrogens with zero attached hydrogens (tertiary/aromatic N) is 2. The molecule has 0 radical (unpaired) electrons. The van der Waals surface area contributed by atoms with Crippen molar-refractivity contribution in [1.29, 1.82) is 0 Å². The second-order valence-corrected chi connectivity index (χ2v) is 10.7. The van der Waals surface area contributed by atoms with Crippen molar-refractivity contribution in [3.63, 3.8) is 0 Å². The first kappa shape index (κ1) is 23.8. The lowest BCUT2D eigenvalue weighted by Gasteiger charge is -2.21. The van der Waals surface area contributed by atoms with Crippen LogP contribution in [0.2, 0.25) is 0 Å². The molecule has 0 saturated heterocycles. The first-order valence-electron chi connectivity index (χ1n) is 12.6. The number of aliphatic hydroxyl groups is 1. The van der Waals surface area contributed by atoms with E-state index in [-0.39, 0.29) is 12.2 Å². The lowest BCUT2D eigenvalue weighted by atomic mass is 9.88. The van der Waals surface area contributed by atoms with Crippen LogP contribution in [0, 0.1) is 24.7 Å². The highest BCUT2D eigenvalue weighted by atomic mass is 32.1. The Bertz CT molecular complexity index is 1230. The largest absolute Gasteiger partial charge is 0.493 e. The lowest BCUT2D eigenvalue weighted by Crippen LogP contribution is -2.16. The molecule has 2 aliphatic rings. The van der Waals surface area contributed by atoms with Crippen molar-refractivity contribution in [2.75, 3.05) is 7.11 Å². The molecule has 35 heavy (non-hydrogen) atoms. The maximum atomic E-state index is 9.77. The van der Waals surface area contributed by atoms with E-state index in [4.69, 9.17) is 9.47 Å². The molecule has 5 nitrogen and oxygen atoms in total. The molecule has 1 heterocycles. The maximum absolute atomic E-state index is 9.77. The highest BCUT2D eigenvalue weighted by Crippen LogP contribution is 2.39. The van der Waals surface area contributed by atoms with Gasteiger partial charge in [0.1, 0.15) is 10.0 Å². The molecule has 2 saturated carbocycles. The number of benzene rings is 2. The van der Waals surface area contributed by atoms with E-state index in [9.17, 15) is 5.11 Å². The van der Waals surface area contributed by atoms with Crippen molar-refractivity contribution in [1.82, 2.24) is 10.2 Å². The standard InChI is InChI=1S/C29H32N2O3S/c1-19-30-31-29(35-19)26-17-21(8-7-20-9-13-23(32)14-10-20)11-15-25(26)22-12-16-27(33-2)28(18-22)34-24-5-3-4-6-24/h11-12,15-18,20,23-24,32H,3-6,9-10,13-14H2,1-2H3. The minimum Gasteiger partial charge on any atom is -0.493 e. The van der Waals surface area contributed by atoms with E-state index >= 15 is 0 Å². The number of hydrogen-bond donors (Lipinski definition) is 1. The fraction of sp³-hybridized carbons (Fsp3) is 0.448. The van der Waals surface area contributed by atoms with Gasteiger partial charge in [-0.1, -0.05) is 35.3 Å². The summed E-state index contributed by atoms with van der Waals surface area (Å²) in [6.07, 6.45) is 8.33. The SMILES string of the molecule is COc1ccc(-c2ccc(C#CC3CCC(O)CC3)cc2-c2nnc(C)s2)cc1OC1CCCC1. The Labute approximate surface area is 211 Å². The van der Waals surface area contributed by atoms with Gasteiger partial charge in [0.15, 0.2) is 11.5 Å². The number of aromatic nitrogens is 2. The highest BCUT2D eigenvalue weighted by Gasteiger charge is 2.20. The van der Waals surface area contributed by atoms with Crippen LogP contribution in [0.15, 0.2) is 36.4 Å². The molecule has 1 aromatic heterocycles. The number of methoxy groups -OCH3 is 1. The molecule has 2 fully saturated rings. The Morgan fingerprint density at radius 1 is 0.914 bits per heavy atom. The average molecular weight is 489 g/mol. The first-order valence-corrected chi connectivity index (χ1v) is 13.4. The Morgan fingerprint density at radius 3 is 2.43 bits per heavy atom. The molecule has 2 aromatic carbocycles. The van der Waals surface area contributed by atoms with Gasteiger partial charge in [-0.25, -0.2) is 0 Å². The fourth-order valence-corrected chi connectivity index (χ4v) is 5.71. The van der Waals surface area contributed by atoms with Gasteiger partial charge < -0.3 is 14.6 Å². The Hall–Kier alpha value is -2.88. The van der Waals surface area contributed by atoms with Gasteiger partial charge in [0, 0.05) is 17.0 Å². The average Bonchev–Trinajstić information content (AvgIpc) is 3.55. The molecular formula is C29H32N2O3S. The molecule has 2 aliphatic carbocycles. The fourth-order valence-electron chi connectivity index (χ4n) is 4.98. The molecule has 1 N–H and O–H groups in total. The molecule has 0 bridgehead atoms. The summed E-state index contributed by atoms with van der Waals surface area (Å²) in [6.45, 7) is 1.98. The van der Waals surface area contributed by atoms with Crippen LogP contribution in [0.4, 0.5) is 0 Å². The lowest BCUT2D eigenvalue weighted by molar-refractivity contribution is 0.119. The van der Waals surface area contributed by atoms with Crippen molar-refractivity contribution in [2.24, 2.45) is 5.92 Å². The van der Waals surface area contributed by atoms with Gasteiger partial charge in [0.05, 0.1) is 19.3 Å². The molecule has 3 aromatic rings. The summed E-state index contributed by atoms with van der Waals surface area (Å²) in [4.78, 5) is 0. The summed E-state index contributed by atoms with van der Waals surface area (Å²) >= 11 is 1.59. The van der Waals surface area contributed by atoms with Gasteiger partial charge in [0.2, 0.25) is 0 Å². The molecule has 0 unspecified atom stereocenters. The van der Waals surface area contributed by atoms with E-state index in [0.717, 1.165) is 82.3 Å². The van der Waals surface area contributed by atoms with E-state index in [0.29, 0.717) is 5.92 Å². The van der Waals surface area contributed by atoms with Gasteiger partial charge >= 0.3 is 0 Å². The monoisotopic (exact) mass is 488 g/mol. The highest BCUT2D eigenvalue weighted by molar-refractivity contribution is 7.14. The zero-order valence-electron chi connectivity index (χ0n) is 20.4. The van der Waals surface area contributed by atoms with E-state index < -0.39 is 0 Å². The van der Waals surface area contributed by atoms with Gasteiger partial charge in [-0.15, -0.1) is 10.2 Å². The van der Waals surface area contributed by atoms with Crippen molar-refractivity contribution < 1.29 is 14.6 Å². The van der Waals surface area contributed by atoms with E-state index in [1.165, 1.54) is 12.8 Å². The molecule has 0 amide bonds. The third-order valence-corrected chi connectivity index (χ3v) is 7.84. The van der Waals surface area contributed by atoms with Gasteiger partial charge in [-0.05, 0) is 93.7 Å². The Balaban J connectivity index is 1.50. The predicted molar refractivity (Wildman–Crippen MR) is 140 cm³/mol. The van der Waals surface area contributed by atoms with Crippen LogP contribution >= 0.6 is 11.3 Å². The zero-order valence-corrected chi connectivity index (χ0v) is 21.2. The van der Waals surface area contributed by atoms with Crippen LogP contribution in [-0.2, 0) is 0 Å². The zero-order chi connectivity index (χ0) is 24.2. The molecule has 0 spiro atoms. The van der Waals surface area contributed by atoms with Gasteiger partial charge in [0.25, 0.3) is 0 Å². The Kier molecular flexibility index (Phi) is 7.36. The summed E-state index contributed by atoms with van der Waals surface area (Å²) in [5.41, 5.74) is 4.13. The second kappa shape index (κ2) is 10.8. The molecule has 6 heteroatoms. The predicted octanol–water partition coefficient (Wildman–Crippen LogP) is 6.41. The summed E-state index contributed by atoms with van der Waals surface area (Å²) in [6, 6.07) is 12.5. The maximum Gasteiger partial charge on any atom is 0.162 e. The van der Waals surface area contributed by atoms with Crippen LogP contribution in [0.1, 0.15) is 61.9 Å². The number of hydrogen-bond acceptors (Lipinski definition) is 6. The summed E-state index contributed by atoms with van der Waals surface area (Å²) < 4.78 is 12.0. The van der Waals surface area contributed by atoms with Crippen LogP contribution < -0.4 is 9.47 Å². The molecular weight excluding hydrogens is 456 g/mol. The topological polar surface area (TPSA) is 64.5 Å². The molecule has 0 aliphatic heterocycles. The number of ether oxygens (including phenoxy) is 2. The quantitative estimate of drug-likeness (QED) is 0.420. The van der Waals surface area contributed by atoms with E-state index in [2.05, 4.69) is 52.4 Å². The molecule has 5 rings (SSSR count). The molecule has 182 valence electrons. The Morgan fingerprint density at radius 2 is 1.71 bits per heavy atom. The van der Waals surface area contributed by atoms with Crippen molar-refractivity contribution in [2.45, 2.75) is 70.5 Å². The van der Waals surface area contributed by atoms with Crippen LogP contribution in [-0.4, -0.2) is 34.6 Å². The van der Waals surface area contributed by atoms with E-state index in [1.54, 1.807) is 18.4 Å². The normalized spacial score (nSPS) is 20.3. The third kappa shape index (κ3) is 5.69. The van der Waals surface area contributed by atoms with Gasteiger partial charge in [-0.2, -0.15) is 0 Å². The van der Waals surface area contributed by atoms with Crippen molar-refractivity contribution in [3.05, 3.63) is 47.0 Å². The van der Waals surface area contributed by atoms with Crippen molar-refractivity contribution >= 4 is 11.3 Å². The van der Waals surface area contributed by atoms with Crippen LogP contribution in [0.25, 0.3) is 21.7 Å². The van der Waals surface area contributed by atoms with Crippen molar-refractivity contribution in [3.8, 4) is 45.0 Å². The van der Waals surface area contributed by atoms with Gasteiger partial charge in [-0.3, -0.25) is 0 Å². The summed E-state index contributed by atoms with van der Waals surface area (Å²) in [5, 5.41) is 20.3. The number of aryl methyl sites for hydroxylation is 1. The summed E-state index contributed by atoms with van der Waals surface area (Å²) in [5.74, 6) is 8.72. The second-order valence-electron chi connectivity index (χ2n) is 9.55. The molecule has 0 atom stereocenters. The summed E-state index contributed by atoms with van der Waals surface area (Å²) in [7, 11) is 1.69. The smallest absolute Gasteiger partial charge is 0.162 e. The third-order valence-electron chi connectivity index (χ3n) is 6.96. The minimum atomic E-state index is -0.161. The number of aliphatic hydroxyl groups excluding tert-OH is 1. The van der Waals surface area contributed by atoms with Crippen LogP contribution in [0.3, 0.4) is 0 Å². The minimum absolute atomic E-state index is 0.161. The van der Waals surface area contributed by atoms with E-state index in [1.807, 2.05) is 13.0 Å².